The second-order valence-corrected chi connectivity index (χ2v) is 5.16. The molecular weight excluding hydrogens is 256 g/mol. The number of rotatable bonds is 2. The highest BCUT2D eigenvalue weighted by Crippen LogP contribution is 2.26. The van der Waals surface area contributed by atoms with Crippen LogP contribution in [-0.4, -0.2) is 17.9 Å². The SMILES string of the molecule is Cc1c(C(=O)O[C@@H]2CCCCC2=O)oc2ccccc12. The van der Waals surface area contributed by atoms with Crippen molar-refractivity contribution in [1.29, 1.82) is 0 Å². The summed E-state index contributed by atoms with van der Waals surface area (Å²) in [5, 5.41) is 0.898. The van der Waals surface area contributed by atoms with Gasteiger partial charge in [-0.05, 0) is 32.3 Å². The van der Waals surface area contributed by atoms with Crippen LogP contribution >= 0.6 is 0 Å². The van der Waals surface area contributed by atoms with Gasteiger partial charge in [0, 0.05) is 17.4 Å². The molecule has 1 saturated carbocycles. The molecule has 1 aliphatic carbocycles. The van der Waals surface area contributed by atoms with Gasteiger partial charge in [0.05, 0.1) is 0 Å². The fourth-order valence-electron chi connectivity index (χ4n) is 2.63. The van der Waals surface area contributed by atoms with E-state index in [1.54, 1.807) is 0 Å². The summed E-state index contributed by atoms with van der Waals surface area (Å²) < 4.78 is 10.9. The Morgan fingerprint density at radius 3 is 2.85 bits per heavy atom. The first-order valence-corrected chi connectivity index (χ1v) is 6.88. The third-order valence-electron chi connectivity index (χ3n) is 3.78. The third-order valence-corrected chi connectivity index (χ3v) is 3.78. The van der Waals surface area contributed by atoms with E-state index in [4.69, 9.17) is 9.15 Å². The minimum absolute atomic E-state index is 0.0124. The summed E-state index contributed by atoms with van der Waals surface area (Å²) in [7, 11) is 0. The first-order chi connectivity index (χ1) is 9.66. The molecule has 0 unspecified atom stereocenters. The molecule has 0 spiro atoms. The molecule has 1 aliphatic rings. The zero-order valence-corrected chi connectivity index (χ0v) is 11.3. The number of carbonyl (C=O) groups is 2. The Morgan fingerprint density at radius 2 is 2.10 bits per heavy atom. The number of hydrogen-bond donors (Lipinski definition) is 0. The van der Waals surface area contributed by atoms with Gasteiger partial charge < -0.3 is 9.15 Å². The number of carbonyl (C=O) groups excluding carboxylic acids is 2. The number of aryl methyl sites for hydroxylation is 1. The standard InChI is InChI=1S/C16H16O4/c1-10-11-6-2-4-8-13(11)19-15(10)16(18)20-14-9-5-3-7-12(14)17/h2,4,6,8,14H,3,5,7,9H2,1H3/t14-/m1/s1. The van der Waals surface area contributed by atoms with Crippen molar-refractivity contribution in [3.05, 3.63) is 35.6 Å². The second kappa shape index (κ2) is 5.12. The molecule has 0 N–H and O–H groups in total. The molecule has 104 valence electrons. The van der Waals surface area contributed by atoms with Crippen LogP contribution in [0.5, 0.6) is 0 Å². The van der Waals surface area contributed by atoms with E-state index in [2.05, 4.69) is 0 Å². The summed E-state index contributed by atoms with van der Waals surface area (Å²) in [6.07, 6.45) is 2.31. The fourth-order valence-corrected chi connectivity index (χ4v) is 2.63. The van der Waals surface area contributed by atoms with Gasteiger partial charge in [0.1, 0.15) is 5.58 Å². The van der Waals surface area contributed by atoms with Crippen molar-refractivity contribution in [1.82, 2.24) is 0 Å². The van der Waals surface area contributed by atoms with Crippen LogP contribution in [0.15, 0.2) is 28.7 Å². The van der Waals surface area contributed by atoms with Gasteiger partial charge in [-0.15, -0.1) is 0 Å². The lowest BCUT2D eigenvalue weighted by atomic mass is 9.96. The molecule has 1 fully saturated rings. The molecule has 0 bridgehead atoms. The molecule has 0 radical (unpaired) electrons. The Balaban J connectivity index is 1.85. The maximum Gasteiger partial charge on any atom is 0.375 e. The van der Waals surface area contributed by atoms with Crippen LogP contribution in [0.2, 0.25) is 0 Å². The average molecular weight is 272 g/mol. The molecule has 20 heavy (non-hydrogen) atoms. The minimum Gasteiger partial charge on any atom is -0.449 e. The van der Waals surface area contributed by atoms with Crippen LogP contribution in [0.1, 0.15) is 41.8 Å². The van der Waals surface area contributed by atoms with Gasteiger partial charge in [-0.2, -0.15) is 0 Å². The summed E-state index contributed by atoms with van der Waals surface area (Å²) in [6, 6.07) is 7.46. The number of furan rings is 1. The molecule has 4 nitrogen and oxygen atoms in total. The van der Waals surface area contributed by atoms with Crippen LogP contribution in [0.4, 0.5) is 0 Å². The van der Waals surface area contributed by atoms with Gasteiger partial charge >= 0.3 is 5.97 Å². The molecule has 1 heterocycles. The number of benzene rings is 1. The topological polar surface area (TPSA) is 56.5 Å². The quantitative estimate of drug-likeness (QED) is 0.786. The second-order valence-electron chi connectivity index (χ2n) is 5.16. The monoisotopic (exact) mass is 272 g/mol. The first kappa shape index (κ1) is 12.9. The highest BCUT2D eigenvalue weighted by Gasteiger charge is 2.28. The minimum atomic E-state index is -0.608. The van der Waals surface area contributed by atoms with Crippen molar-refractivity contribution in [2.45, 2.75) is 38.7 Å². The van der Waals surface area contributed by atoms with Gasteiger partial charge in [0.2, 0.25) is 5.76 Å². The van der Waals surface area contributed by atoms with Gasteiger partial charge in [-0.3, -0.25) is 4.79 Å². The Kier molecular flexibility index (Phi) is 3.30. The number of ether oxygens (including phenoxy) is 1. The predicted molar refractivity (Wildman–Crippen MR) is 73.6 cm³/mol. The van der Waals surface area contributed by atoms with Gasteiger partial charge in [0.15, 0.2) is 11.9 Å². The van der Waals surface area contributed by atoms with Crippen LogP contribution in [0, 0.1) is 6.92 Å². The maximum absolute atomic E-state index is 12.2. The van der Waals surface area contributed by atoms with E-state index in [1.807, 2.05) is 31.2 Å². The van der Waals surface area contributed by atoms with Crippen molar-refractivity contribution in [2.75, 3.05) is 0 Å². The van der Waals surface area contributed by atoms with E-state index < -0.39 is 12.1 Å². The summed E-state index contributed by atoms with van der Waals surface area (Å²) in [5.41, 5.74) is 1.42. The van der Waals surface area contributed by atoms with Gasteiger partial charge in [-0.25, -0.2) is 4.79 Å². The molecule has 0 amide bonds. The van der Waals surface area contributed by atoms with Gasteiger partial charge in [0.25, 0.3) is 0 Å². The lowest BCUT2D eigenvalue weighted by molar-refractivity contribution is -0.130. The van der Waals surface area contributed by atoms with Crippen molar-refractivity contribution in [2.24, 2.45) is 0 Å². The fraction of sp³-hybridized carbons (Fsp3) is 0.375. The van der Waals surface area contributed by atoms with E-state index >= 15 is 0 Å². The van der Waals surface area contributed by atoms with Crippen molar-refractivity contribution < 1.29 is 18.7 Å². The lowest BCUT2D eigenvalue weighted by Gasteiger charge is -2.20. The smallest absolute Gasteiger partial charge is 0.375 e. The molecule has 1 atom stereocenters. The zero-order chi connectivity index (χ0) is 14.1. The molecule has 0 saturated heterocycles. The molecule has 2 aromatic rings. The lowest BCUT2D eigenvalue weighted by Crippen LogP contribution is -2.30. The number of fused-ring (bicyclic) bond motifs is 1. The average Bonchev–Trinajstić information content (AvgIpc) is 2.79. The third kappa shape index (κ3) is 2.22. The molecular formula is C16H16O4. The van der Waals surface area contributed by atoms with Crippen molar-refractivity contribution in [3.8, 4) is 0 Å². The van der Waals surface area contributed by atoms with Gasteiger partial charge in [-0.1, -0.05) is 18.2 Å². The van der Waals surface area contributed by atoms with Crippen molar-refractivity contribution in [3.63, 3.8) is 0 Å². The van der Waals surface area contributed by atoms with E-state index in [1.165, 1.54) is 0 Å². The molecule has 4 heteroatoms. The summed E-state index contributed by atoms with van der Waals surface area (Å²) in [6.45, 7) is 1.82. The number of Topliss-reactive ketones (excluding diaryl/α,β-unsaturated/α-hetero) is 1. The predicted octanol–water partition coefficient (Wildman–Crippen LogP) is 3.41. The maximum atomic E-state index is 12.2. The Bertz CT molecular complexity index is 668. The Labute approximate surface area is 116 Å². The normalized spacial score (nSPS) is 19.2. The number of esters is 1. The molecule has 1 aromatic carbocycles. The highest BCUT2D eigenvalue weighted by atomic mass is 16.6. The number of hydrogen-bond acceptors (Lipinski definition) is 4. The molecule has 1 aromatic heterocycles. The molecule has 0 aliphatic heterocycles. The largest absolute Gasteiger partial charge is 0.449 e. The van der Waals surface area contributed by atoms with E-state index in [9.17, 15) is 9.59 Å². The summed E-state index contributed by atoms with van der Waals surface area (Å²) >= 11 is 0. The van der Waals surface area contributed by atoms with Crippen molar-refractivity contribution >= 4 is 22.7 Å². The first-order valence-electron chi connectivity index (χ1n) is 6.88. The van der Waals surface area contributed by atoms with Crippen LogP contribution < -0.4 is 0 Å². The van der Waals surface area contributed by atoms with Crippen LogP contribution in [-0.2, 0) is 9.53 Å². The Hall–Kier alpha value is -2.10. The summed E-state index contributed by atoms with van der Waals surface area (Å²) in [4.78, 5) is 23.9. The Morgan fingerprint density at radius 1 is 1.30 bits per heavy atom. The van der Waals surface area contributed by atoms with Crippen LogP contribution in [0.25, 0.3) is 11.0 Å². The summed E-state index contributed by atoms with van der Waals surface area (Å²) in [5.74, 6) is -0.332. The molecule has 3 rings (SSSR count). The van der Waals surface area contributed by atoms with E-state index in [0.717, 1.165) is 23.8 Å². The van der Waals surface area contributed by atoms with E-state index in [0.29, 0.717) is 18.4 Å². The van der Waals surface area contributed by atoms with E-state index in [-0.39, 0.29) is 11.5 Å². The zero-order valence-electron chi connectivity index (χ0n) is 11.3. The number of para-hydroxylation sites is 1. The van der Waals surface area contributed by atoms with Crippen LogP contribution in [0.3, 0.4) is 0 Å². The number of ketones is 1. The highest BCUT2D eigenvalue weighted by molar-refractivity contribution is 5.97.